The highest BCUT2D eigenvalue weighted by Gasteiger charge is 2.21. The van der Waals surface area contributed by atoms with Crippen LogP contribution in [-0.4, -0.2) is 36.1 Å². The lowest BCUT2D eigenvalue weighted by molar-refractivity contribution is 0.370. The Morgan fingerprint density at radius 3 is 2.89 bits per heavy atom. The molecule has 2 aromatic carbocycles. The van der Waals surface area contributed by atoms with Crippen molar-refractivity contribution in [1.82, 2.24) is 29.5 Å². The van der Waals surface area contributed by atoms with E-state index in [0.29, 0.717) is 45.1 Å². The Kier molecular flexibility index (Phi) is 5.51. The minimum absolute atomic E-state index is 0.0919. The number of imidazole rings is 1. The Balaban J connectivity index is 1.69. The van der Waals surface area contributed by atoms with Crippen LogP contribution in [0.3, 0.4) is 0 Å². The van der Waals surface area contributed by atoms with Crippen LogP contribution in [0.25, 0.3) is 27.8 Å². The number of aromatic amines is 1. The molecule has 10 heteroatoms. The summed E-state index contributed by atoms with van der Waals surface area (Å²) < 4.78 is 7.16. The number of hydrogen-bond acceptors (Lipinski definition) is 8. The summed E-state index contributed by atoms with van der Waals surface area (Å²) in [5.41, 5.74) is 8.75. The number of rotatable bonds is 6. The van der Waals surface area contributed by atoms with Gasteiger partial charge in [0.05, 0.1) is 29.0 Å². The number of aryl methyl sites for hydroxylation is 1. The second-order valence-electron chi connectivity index (χ2n) is 7.97. The molecule has 35 heavy (non-hydrogen) atoms. The zero-order valence-electron chi connectivity index (χ0n) is 19.1. The number of H-pyrrole nitrogens is 1. The van der Waals surface area contributed by atoms with Crippen LogP contribution in [0, 0.1) is 19.3 Å². The number of anilines is 2. The fourth-order valence-electron chi connectivity index (χ4n) is 4.01. The molecule has 174 valence electrons. The normalized spacial score (nSPS) is 11.9. The van der Waals surface area contributed by atoms with Gasteiger partial charge in [0.25, 0.3) is 5.56 Å². The Hall–Kier alpha value is -4.91. The highest BCUT2D eigenvalue weighted by molar-refractivity contribution is 5.84. The average molecular weight is 467 g/mol. The van der Waals surface area contributed by atoms with Gasteiger partial charge in [-0.3, -0.25) is 9.36 Å². The van der Waals surface area contributed by atoms with Gasteiger partial charge in [0, 0.05) is 6.07 Å². The number of nitrogens with one attached hydrogen (secondary N) is 2. The fraction of sp³-hybridized carbons (Fsp3) is 0.160. The van der Waals surface area contributed by atoms with E-state index in [1.807, 2.05) is 38.1 Å². The van der Waals surface area contributed by atoms with Crippen LogP contribution in [0.4, 0.5) is 11.8 Å². The number of aromatic nitrogens is 6. The third-order valence-electron chi connectivity index (χ3n) is 5.57. The van der Waals surface area contributed by atoms with Crippen molar-refractivity contribution in [2.24, 2.45) is 0 Å². The lowest BCUT2D eigenvalue weighted by atomic mass is 10.1. The lowest BCUT2D eigenvalue weighted by Crippen LogP contribution is -2.28. The molecule has 1 atom stereocenters. The molecule has 3 heterocycles. The number of fused-ring (bicyclic) bond motifs is 2. The van der Waals surface area contributed by atoms with Gasteiger partial charge >= 0.3 is 0 Å². The summed E-state index contributed by atoms with van der Waals surface area (Å²) in [5.74, 6) is 3.99. The minimum atomic E-state index is -0.461. The molecule has 0 spiro atoms. The maximum atomic E-state index is 13.8. The third kappa shape index (κ3) is 4.00. The first kappa shape index (κ1) is 21.9. The van der Waals surface area contributed by atoms with Gasteiger partial charge in [-0.2, -0.15) is 9.97 Å². The summed E-state index contributed by atoms with van der Waals surface area (Å²) in [6, 6.07) is 12.3. The molecule has 0 aliphatic rings. The van der Waals surface area contributed by atoms with Gasteiger partial charge in [-0.25, -0.2) is 9.97 Å². The van der Waals surface area contributed by atoms with Crippen molar-refractivity contribution in [3.05, 3.63) is 70.5 Å². The van der Waals surface area contributed by atoms with Gasteiger partial charge in [0.1, 0.15) is 23.7 Å². The molecule has 0 saturated carbocycles. The van der Waals surface area contributed by atoms with E-state index in [4.69, 9.17) is 21.9 Å². The first-order valence-corrected chi connectivity index (χ1v) is 10.9. The number of nitrogens with two attached hydrogens (primary N) is 1. The van der Waals surface area contributed by atoms with Crippen LogP contribution in [0.2, 0.25) is 0 Å². The highest BCUT2D eigenvalue weighted by atomic mass is 16.5. The maximum absolute atomic E-state index is 13.8. The number of ether oxygens (including phenoxy) is 1. The highest BCUT2D eigenvalue weighted by Crippen LogP contribution is 2.26. The Morgan fingerprint density at radius 2 is 2.06 bits per heavy atom. The van der Waals surface area contributed by atoms with E-state index in [9.17, 15) is 4.79 Å². The lowest BCUT2D eigenvalue weighted by Gasteiger charge is -2.21. The standard InChI is InChI=1S/C25H22N8O2/c1-4-11-35-17-9-6-8-16(12-17)33-23(30-18-10-5-7-14(2)19(18)24(33)34)15(3)29-22-20-21(28-13-27-20)31-25(26)32-22/h1,5-10,12-13,15H,11H2,2-3H3,(H4,26,27,28,29,31,32). The SMILES string of the molecule is C#CCOc1cccc(-n2c(C(C)Nc3nc(N)nc4[nH]cnc34)nc3cccc(C)c3c2=O)c1. The smallest absolute Gasteiger partial charge is 0.266 e. The van der Waals surface area contributed by atoms with Crippen molar-refractivity contribution in [1.29, 1.82) is 0 Å². The first-order valence-electron chi connectivity index (χ1n) is 10.9. The van der Waals surface area contributed by atoms with Crippen molar-refractivity contribution >= 4 is 33.8 Å². The van der Waals surface area contributed by atoms with Crippen molar-refractivity contribution in [2.75, 3.05) is 17.7 Å². The molecular formula is C25H22N8O2. The predicted octanol–water partition coefficient (Wildman–Crippen LogP) is 3.13. The molecule has 0 fully saturated rings. The Labute approximate surface area is 200 Å². The number of benzene rings is 2. The first-order chi connectivity index (χ1) is 17.0. The molecule has 4 N–H and O–H groups in total. The summed E-state index contributed by atoms with van der Waals surface area (Å²) >= 11 is 0. The van der Waals surface area contributed by atoms with Crippen LogP contribution in [0.1, 0.15) is 24.4 Å². The molecule has 10 nitrogen and oxygen atoms in total. The quantitative estimate of drug-likeness (QED) is 0.325. The topological polar surface area (TPSA) is 137 Å². The predicted molar refractivity (Wildman–Crippen MR) is 135 cm³/mol. The van der Waals surface area contributed by atoms with Crippen molar-refractivity contribution in [3.8, 4) is 23.8 Å². The minimum Gasteiger partial charge on any atom is -0.481 e. The molecule has 5 rings (SSSR count). The molecule has 0 radical (unpaired) electrons. The van der Waals surface area contributed by atoms with Gasteiger partial charge in [0.2, 0.25) is 5.95 Å². The number of nitrogen functional groups attached to an aromatic ring is 1. The molecule has 5 aromatic rings. The van der Waals surface area contributed by atoms with Crippen molar-refractivity contribution in [2.45, 2.75) is 19.9 Å². The largest absolute Gasteiger partial charge is 0.481 e. The van der Waals surface area contributed by atoms with Crippen LogP contribution < -0.4 is 21.3 Å². The van der Waals surface area contributed by atoms with Crippen LogP contribution >= 0.6 is 0 Å². The summed E-state index contributed by atoms with van der Waals surface area (Å²) in [6.07, 6.45) is 6.85. The summed E-state index contributed by atoms with van der Waals surface area (Å²) in [4.78, 5) is 34.4. The zero-order chi connectivity index (χ0) is 24.5. The molecule has 3 aromatic heterocycles. The van der Waals surface area contributed by atoms with Crippen LogP contribution in [0.15, 0.2) is 53.6 Å². The molecule has 0 amide bonds. The van der Waals surface area contributed by atoms with E-state index in [0.717, 1.165) is 5.56 Å². The van der Waals surface area contributed by atoms with Crippen molar-refractivity contribution in [3.63, 3.8) is 0 Å². The van der Waals surface area contributed by atoms with Crippen LogP contribution in [0.5, 0.6) is 5.75 Å². The summed E-state index contributed by atoms with van der Waals surface area (Å²) in [5, 5.41) is 3.84. The van der Waals surface area contributed by atoms with Gasteiger partial charge in [0.15, 0.2) is 11.5 Å². The number of nitrogens with zero attached hydrogens (tertiary/aromatic N) is 5. The molecule has 0 aliphatic heterocycles. The second-order valence-corrected chi connectivity index (χ2v) is 7.97. The monoisotopic (exact) mass is 466 g/mol. The van der Waals surface area contributed by atoms with Gasteiger partial charge in [-0.15, -0.1) is 6.42 Å². The molecule has 1 unspecified atom stereocenters. The summed E-state index contributed by atoms with van der Waals surface area (Å²) in [6.45, 7) is 3.89. The number of terminal acetylenes is 1. The third-order valence-corrected chi connectivity index (χ3v) is 5.57. The number of hydrogen-bond donors (Lipinski definition) is 3. The van der Waals surface area contributed by atoms with Gasteiger partial charge in [-0.1, -0.05) is 24.1 Å². The van der Waals surface area contributed by atoms with Crippen molar-refractivity contribution < 1.29 is 4.74 Å². The molecule has 0 saturated heterocycles. The van der Waals surface area contributed by atoms with E-state index >= 15 is 0 Å². The fourth-order valence-corrected chi connectivity index (χ4v) is 4.01. The van der Waals surface area contributed by atoms with Gasteiger partial charge in [-0.05, 0) is 37.6 Å². The van der Waals surface area contributed by atoms with E-state index < -0.39 is 6.04 Å². The second kappa shape index (κ2) is 8.79. The maximum Gasteiger partial charge on any atom is 0.266 e. The van der Waals surface area contributed by atoms with E-state index in [2.05, 4.69) is 31.2 Å². The Bertz CT molecular complexity index is 1660. The van der Waals surface area contributed by atoms with E-state index in [1.165, 1.54) is 6.33 Å². The van der Waals surface area contributed by atoms with E-state index in [-0.39, 0.29) is 18.1 Å². The van der Waals surface area contributed by atoms with E-state index in [1.54, 1.807) is 22.8 Å². The van der Waals surface area contributed by atoms with Crippen LogP contribution in [-0.2, 0) is 0 Å². The zero-order valence-corrected chi connectivity index (χ0v) is 19.1. The molecular weight excluding hydrogens is 444 g/mol. The van der Waals surface area contributed by atoms with Gasteiger partial charge < -0.3 is 20.8 Å². The molecule has 0 bridgehead atoms. The average Bonchev–Trinajstić information content (AvgIpc) is 3.31. The Morgan fingerprint density at radius 1 is 1.23 bits per heavy atom. The summed E-state index contributed by atoms with van der Waals surface area (Å²) in [7, 11) is 0. The molecule has 0 aliphatic carbocycles.